The van der Waals surface area contributed by atoms with Crippen molar-refractivity contribution in [3.63, 3.8) is 0 Å². The first-order chi connectivity index (χ1) is 7.13. The molecule has 3 nitrogen and oxygen atoms in total. The summed E-state index contributed by atoms with van der Waals surface area (Å²) in [5.41, 5.74) is -0.00780. The number of nitrogens with one attached hydrogen (secondary N) is 1. The van der Waals surface area contributed by atoms with E-state index in [1.54, 1.807) is 0 Å². The van der Waals surface area contributed by atoms with E-state index in [4.69, 9.17) is 0 Å². The second kappa shape index (κ2) is 6.72. The van der Waals surface area contributed by atoms with Crippen LogP contribution in [0.1, 0.15) is 41.5 Å². The molecule has 3 unspecified atom stereocenters. The van der Waals surface area contributed by atoms with E-state index < -0.39 is 16.9 Å². The van der Waals surface area contributed by atoms with Crippen molar-refractivity contribution in [1.29, 1.82) is 0 Å². The van der Waals surface area contributed by atoms with Crippen LogP contribution in [0, 0.1) is 5.92 Å². The highest BCUT2D eigenvalue weighted by Crippen LogP contribution is 2.09. The molecule has 0 amide bonds. The molecule has 0 radical (unpaired) electrons. The Morgan fingerprint density at radius 3 is 2.12 bits per heavy atom. The van der Waals surface area contributed by atoms with Gasteiger partial charge >= 0.3 is 0 Å². The Bertz CT molecular complexity index is 224. The average molecular weight is 249 g/mol. The van der Waals surface area contributed by atoms with Gasteiger partial charge in [-0.25, -0.2) is 0 Å². The van der Waals surface area contributed by atoms with Gasteiger partial charge in [0.1, 0.15) is 0 Å². The topological polar surface area (TPSA) is 49.3 Å². The summed E-state index contributed by atoms with van der Waals surface area (Å²) in [6, 6.07) is 0. The van der Waals surface area contributed by atoms with Crippen LogP contribution < -0.4 is 5.32 Å². The maximum Gasteiger partial charge on any atom is 0.0779 e. The van der Waals surface area contributed by atoms with Crippen LogP contribution in [0.5, 0.6) is 0 Å². The highest BCUT2D eigenvalue weighted by molar-refractivity contribution is 7.85. The zero-order chi connectivity index (χ0) is 12.9. The Kier molecular flexibility index (Phi) is 6.75. The second-order valence-corrected chi connectivity index (χ2v) is 7.62. The minimum Gasteiger partial charge on any atom is -0.391 e. The first-order valence-corrected chi connectivity index (χ1v) is 7.32. The van der Waals surface area contributed by atoms with E-state index in [-0.39, 0.29) is 10.8 Å². The van der Waals surface area contributed by atoms with Crippen molar-refractivity contribution in [1.82, 2.24) is 5.32 Å². The Hall–Kier alpha value is 0.0700. The third kappa shape index (κ3) is 7.36. The highest BCUT2D eigenvalue weighted by atomic mass is 32.2. The van der Waals surface area contributed by atoms with E-state index in [9.17, 15) is 9.32 Å². The van der Waals surface area contributed by atoms with E-state index in [1.165, 1.54) is 0 Å². The predicted molar refractivity (Wildman–Crippen MR) is 71.1 cm³/mol. The molecule has 0 aromatic carbocycles. The SMILES string of the molecule is CC(C)C(C)S(=O)CC(O)CNC(C)(C)C. The molecule has 0 saturated carbocycles. The van der Waals surface area contributed by atoms with Crippen molar-refractivity contribution in [2.24, 2.45) is 5.92 Å². The molecular formula is C12H27NO2S. The lowest BCUT2D eigenvalue weighted by atomic mass is 10.1. The summed E-state index contributed by atoms with van der Waals surface area (Å²) in [6.45, 7) is 12.7. The lowest BCUT2D eigenvalue weighted by Gasteiger charge is -2.23. The number of aliphatic hydroxyl groups is 1. The van der Waals surface area contributed by atoms with Crippen LogP contribution in [0.15, 0.2) is 0 Å². The van der Waals surface area contributed by atoms with Gasteiger partial charge in [0, 0.05) is 28.1 Å². The highest BCUT2D eigenvalue weighted by Gasteiger charge is 2.19. The Labute approximate surface area is 102 Å². The molecule has 98 valence electrons. The van der Waals surface area contributed by atoms with Gasteiger partial charge in [-0.3, -0.25) is 4.21 Å². The molecular weight excluding hydrogens is 222 g/mol. The van der Waals surface area contributed by atoms with E-state index in [2.05, 4.69) is 19.2 Å². The van der Waals surface area contributed by atoms with Crippen molar-refractivity contribution >= 4 is 10.8 Å². The number of aliphatic hydroxyl groups excluding tert-OH is 1. The van der Waals surface area contributed by atoms with Crippen molar-refractivity contribution in [3.8, 4) is 0 Å². The van der Waals surface area contributed by atoms with E-state index in [0.29, 0.717) is 18.2 Å². The molecule has 0 aromatic rings. The van der Waals surface area contributed by atoms with Crippen LogP contribution >= 0.6 is 0 Å². The van der Waals surface area contributed by atoms with E-state index in [0.717, 1.165) is 0 Å². The molecule has 0 aromatic heterocycles. The predicted octanol–water partition coefficient (Wildman–Crippen LogP) is 1.53. The van der Waals surface area contributed by atoms with Crippen molar-refractivity contribution in [2.75, 3.05) is 12.3 Å². The van der Waals surface area contributed by atoms with Gasteiger partial charge < -0.3 is 10.4 Å². The number of β-amino-alcohol motifs (C(OH)–C–C–N with tert-alkyl or cyclic N) is 1. The van der Waals surface area contributed by atoms with Crippen LogP contribution in [0.2, 0.25) is 0 Å². The maximum atomic E-state index is 11.8. The van der Waals surface area contributed by atoms with E-state index >= 15 is 0 Å². The van der Waals surface area contributed by atoms with Gasteiger partial charge in [-0.15, -0.1) is 0 Å². The molecule has 3 atom stereocenters. The lowest BCUT2D eigenvalue weighted by Crippen LogP contribution is -2.43. The normalized spacial score (nSPS) is 18.5. The Balaban J connectivity index is 3.96. The molecule has 4 heteroatoms. The quantitative estimate of drug-likeness (QED) is 0.750. The van der Waals surface area contributed by atoms with Gasteiger partial charge in [0.05, 0.1) is 11.9 Å². The lowest BCUT2D eigenvalue weighted by molar-refractivity contribution is 0.182. The van der Waals surface area contributed by atoms with Crippen molar-refractivity contribution in [3.05, 3.63) is 0 Å². The Morgan fingerprint density at radius 1 is 1.25 bits per heavy atom. The third-order valence-corrected chi connectivity index (χ3v) is 4.67. The number of rotatable bonds is 6. The third-order valence-electron chi connectivity index (χ3n) is 2.58. The van der Waals surface area contributed by atoms with Crippen LogP contribution in [0.4, 0.5) is 0 Å². The summed E-state index contributed by atoms with van der Waals surface area (Å²) in [7, 11) is -0.943. The largest absolute Gasteiger partial charge is 0.391 e. The summed E-state index contributed by atoms with van der Waals surface area (Å²) in [5.74, 6) is 0.756. The summed E-state index contributed by atoms with van der Waals surface area (Å²) in [5, 5.41) is 13.1. The maximum absolute atomic E-state index is 11.8. The van der Waals surface area contributed by atoms with Gasteiger partial charge in [-0.2, -0.15) is 0 Å². The van der Waals surface area contributed by atoms with Gasteiger partial charge in [0.25, 0.3) is 0 Å². The molecule has 0 rings (SSSR count). The van der Waals surface area contributed by atoms with Crippen LogP contribution in [0.25, 0.3) is 0 Å². The molecule has 0 aliphatic heterocycles. The minimum atomic E-state index is -0.943. The fraction of sp³-hybridized carbons (Fsp3) is 1.00. The summed E-state index contributed by atoms with van der Waals surface area (Å²) >= 11 is 0. The first kappa shape index (κ1) is 16.1. The van der Waals surface area contributed by atoms with E-state index in [1.807, 2.05) is 27.7 Å². The standard InChI is InChI=1S/C12H27NO2S/c1-9(2)10(3)16(15)8-11(14)7-13-12(4,5)6/h9-11,13-14H,7-8H2,1-6H3. The smallest absolute Gasteiger partial charge is 0.0779 e. The number of hydrogen-bond donors (Lipinski definition) is 2. The zero-order valence-corrected chi connectivity index (χ0v) is 12.2. The summed E-state index contributed by atoms with van der Waals surface area (Å²) in [4.78, 5) is 0. The van der Waals surface area contributed by atoms with Gasteiger partial charge in [-0.1, -0.05) is 20.8 Å². The number of hydrogen-bond acceptors (Lipinski definition) is 3. The molecule has 0 aliphatic carbocycles. The fourth-order valence-corrected chi connectivity index (χ4v) is 2.54. The average Bonchev–Trinajstić information content (AvgIpc) is 2.12. The van der Waals surface area contributed by atoms with Crippen LogP contribution in [-0.4, -0.2) is 38.5 Å². The molecule has 0 saturated heterocycles. The monoisotopic (exact) mass is 249 g/mol. The first-order valence-electron chi connectivity index (χ1n) is 5.93. The summed E-state index contributed by atoms with van der Waals surface area (Å²) in [6.07, 6.45) is -0.527. The molecule has 0 aliphatic rings. The molecule has 0 bridgehead atoms. The minimum absolute atomic E-state index is 0.00780. The molecule has 0 spiro atoms. The fourth-order valence-electron chi connectivity index (χ4n) is 1.13. The van der Waals surface area contributed by atoms with Crippen LogP contribution in [0.3, 0.4) is 0 Å². The van der Waals surface area contributed by atoms with Crippen molar-refractivity contribution < 1.29 is 9.32 Å². The van der Waals surface area contributed by atoms with Gasteiger partial charge in [-0.05, 0) is 26.7 Å². The zero-order valence-electron chi connectivity index (χ0n) is 11.4. The molecule has 0 heterocycles. The second-order valence-electron chi connectivity index (χ2n) is 5.78. The Morgan fingerprint density at radius 2 is 1.75 bits per heavy atom. The van der Waals surface area contributed by atoms with Gasteiger partial charge in [0.15, 0.2) is 0 Å². The molecule has 0 fully saturated rings. The van der Waals surface area contributed by atoms with Crippen molar-refractivity contribution in [2.45, 2.75) is 58.4 Å². The van der Waals surface area contributed by atoms with Gasteiger partial charge in [0.2, 0.25) is 0 Å². The molecule has 16 heavy (non-hydrogen) atoms. The summed E-state index contributed by atoms with van der Waals surface area (Å²) < 4.78 is 11.8. The molecule has 2 N–H and O–H groups in total. The van der Waals surface area contributed by atoms with Crippen LogP contribution in [-0.2, 0) is 10.8 Å².